The van der Waals surface area contributed by atoms with Gasteiger partial charge in [-0.15, -0.1) is 0 Å². The Morgan fingerprint density at radius 2 is 1.82 bits per heavy atom. The summed E-state index contributed by atoms with van der Waals surface area (Å²) < 4.78 is 0. The lowest BCUT2D eigenvalue weighted by molar-refractivity contribution is -0.459. The summed E-state index contributed by atoms with van der Waals surface area (Å²) in [6.45, 7) is 0.732. The van der Waals surface area contributed by atoms with Crippen LogP contribution in [0.15, 0.2) is 42.0 Å². The highest BCUT2D eigenvalue weighted by molar-refractivity contribution is 6.22. The third kappa shape index (κ3) is 2.72. The second kappa shape index (κ2) is 6.02. The maximum atomic E-state index is 12.6. The smallest absolute Gasteiger partial charge is 0.291 e. The lowest BCUT2D eigenvalue weighted by atomic mass is 9.86. The molecule has 2 aromatic carbocycles. The van der Waals surface area contributed by atoms with E-state index in [2.05, 4.69) is 11.1 Å². The van der Waals surface area contributed by atoms with Crippen molar-refractivity contribution in [3.63, 3.8) is 0 Å². The van der Waals surface area contributed by atoms with Gasteiger partial charge in [0.1, 0.15) is 0 Å². The van der Waals surface area contributed by atoms with E-state index in [1.54, 1.807) is 0 Å². The molecule has 0 unspecified atom stereocenters. The molecule has 0 bridgehead atoms. The summed E-state index contributed by atoms with van der Waals surface area (Å²) >= 11 is 0. The number of carbonyl (C=O) groups is 1. The van der Waals surface area contributed by atoms with Gasteiger partial charge in [-0.25, -0.2) is 0 Å². The fourth-order valence-electron chi connectivity index (χ4n) is 2.96. The van der Waals surface area contributed by atoms with Gasteiger partial charge in [0, 0.05) is 16.5 Å². The Bertz CT molecular complexity index is 781. The van der Waals surface area contributed by atoms with Crippen LogP contribution in [0.1, 0.15) is 35.2 Å². The number of hydrogen-bond donors (Lipinski definition) is 3. The van der Waals surface area contributed by atoms with Gasteiger partial charge in [-0.2, -0.15) is 0 Å². The van der Waals surface area contributed by atoms with Gasteiger partial charge in [0.25, 0.3) is 0 Å². The van der Waals surface area contributed by atoms with Gasteiger partial charge in [-0.05, 0) is 36.3 Å². The SMILES string of the molecule is NC(N)=[NH+]CCCCC1=Cc2cccc3cccc(c23)C1=O. The lowest BCUT2D eigenvalue weighted by Gasteiger charge is -2.16. The molecule has 0 aliphatic heterocycles. The number of nitrogens with two attached hydrogens (primary N) is 2. The fraction of sp³-hybridized carbons (Fsp3) is 0.222. The summed E-state index contributed by atoms with van der Waals surface area (Å²) in [6.07, 6.45) is 4.66. The third-order valence-electron chi connectivity index (χ3n) is 4.00. The summed E-state index contributed by atoms with van der Waals surface area (Å²) in [5.41, 5.74) is 13.6. The van der Waals surface area contributed by atoms with Crippen LogP contribution in [0.5, 0.6) is 0 Å². The first-order valence-electron chi connectivity index (χ1n) is 7.55. The monoisotopic (exact) mass is 294 g/mol. The predicted molar refractivity (Wildman–Crippen MR) is 89.3 cm³/mol. The van der Waals surface area contributed by atoms with Crippen molar-refractivity contribution in [3.05, 3.63) is 53.1 Å². The lowest BCUT2D eigenvalue weighted by Crippen LogP contribution is -2.78. The van der Waals surface area contributed by atoms with Crippen LogP contribution in [0.4, 0.5) is 0 Å². The van der Waals surface area contributed by atoms with E-state index >= 15 is 0 Å². The second-order valence-electron chi connectivity index (χ2n) is 5.59. The van der Waals surface area contributed by atoms with Gasteiger partial charge in [-0.3, -0.25) is 21.3 Å². The molecule has 4 nitrogen and oxygen atoms in total. The summed E-state index contributed by atoms with van der Waals surface area (Å²) in [5, 5.41) is 2.20. The minimum absolute atomic E-state index is 0.155. The number of nitrogens with one attached hydrogen (secondary N) is 1. The number of allylic oxidation sites excluding steroid dienone is 1. The number of benzene rings is 2. The standard InChI is InChI=1S/C18H19N3O/c19-18(20)21-10-2-1-5-14-11-13-8-3-6-12-7-4-9-15(16(12)13)17(14)22/h3-4,6-9,11H,1-2,5,10H2,(H4,19,20,21)/p+1. The molecule has 0 aromatic heterocycles. The minimum atomic E-state index is 0.155. The van der Waals surface area contributed by atoms with Crippen molar-refractivity contribution >= 4 is 28.6 Å². The van der Waals surface area contributed by atoms with E-state index in [4.69, 9.17) is 11.5 Å². The van der Waals surface area contributed by atoms with Crippen molar-refractivity contribution in [3.8, 4) is 0 Å². The summed E-state index contributed by atoms with van der Waals surface area (Å²) in [7, 11) is 0. The van der Waals surface area contributed by atoms with E-state index in [1.165, 1.54) is 0 Å². The Hall–Kier alpha value is -2.62. The average Bonchev–Trinajstić information content (AvgIpc) is 2.51. The minimum Gasteiger partial charge on any atom is -0.291 e. The number of rotatable bonds is 5. The van der Waals surface area contributed by atoms with Crippen molar-refractivity contribution < 1.29 is 9.79 Å². The second-order valence-corrected chi connectivity index (χ2v) is 5.59. The topological polar surface area (TPSA) is 83.1 Å². The van der Waals surface area contributed by atoms with Crippen molar-refractivity contribution in [1.29, 1.82) is 0 Å². The Morgan fingerprint density at radius 1 is 1.05 bits per heavy atom. The van der Waals surface area contributed by atoms with Gasteiger partial charge in [0.15, 0.2) is 5.78 Å². The Balaban J connectivity index is 1.80. The van der Waals surface area contributed by atoms with Crippen LogP contribution in [-0.4, -0.2) is 18.3 Å². The van der Waals surface area contributed by atoms with Crippen molar-refractivity contribution in [2.24, 2.45) is 11.5 Å². The number of carbonyl (C=O) groups excluding carboxylic acids is 1. The zero-order valence-electron chi connectivity index (χ0n) is 12.4. The molecule has 5 N–H and O–H groups in total. The molecular weight excluding hydrogens is 274 g/mol. The van der Waals surface area contributed by atoms with Crippen LogP contribution < -0.4 is 16.5 Å². The summed E-state index contributed by atoms with van der Waals surface area (Å²) in [5.74, 6) is 0.399. The molecule has 1 aliphatic carbocycles. The molecule has 0 atom stereocenters. The molecule has 0 saturated carbocycles. The van der Waals surface area contributed by atoms with Crippen molar-refractivity contribution in [2.75, 3.05) is 6.54 Å². The zero-order chi connectivity index (χ0) is 15.5. The van der Waals surface area contributed by atoms with Crippen LogP contribution >= 0.6 is 0 Å². The molecule has 3 rings (SSSR count). The molecule has 4 heteroatoms. The highest BCUT2D eigenvalue weighted by Crippen LogP contribution is 2.32. The zero-order valence-corrected chi connectivity index (χ0v) is 12.4. The van der Waals surface area contributed by atoms with Gasteiger partial charge in [0.2, 0.25) is 0 Å². The van der Waals surface area contributed by atoms with E-state index in [1.807, 2.05) is 36.4 Å². The molecular formula is C18H20N3O+. The Kier molecular flexibility index (Phi) is 3.92. The predicted octanol–water partition coefficient (Wildman–Crippen LogP) is 0.944. The van der Waals surface area contributed by atoms with Crippen LogP contribution in [0.3, 0.4) is 0 Å². The first-order valence-corrected chi connectivity index (χ1v) is 7.55. The van der Waals surface area contributed by atoms with Crippen LogP contribution in [0, 0.1) is 0 Å². The highest BCUT2D eigenvalue weighted by Gasteiger charge is 2.20. The van der Waals surface area contributed by atoms with E-state index in [9.17, 15) is 4.79 Å². The Morgan fingerprint density at radius 3 is 2.59 bits per heavy atom. The third-order valence-corrected chi connectivity index (χ3v) is 4.00. The van der Waals surface area contributed by atoms with Crippen LogP contribution in [0.2, 0.25) is 0 Å². The summed E-state index contributed by atoms with van der Waals surface area (Å²) in [6, 6.07) is 12.1. The van der Waals surface area contributed by atoms with Gasteiger partial charge in [0.05, 0.1) is 6.54 Å². The van der Waals surface area contributed by atoms with Crippen LogP contribution in [0.25, 0.3) is 16.8 Å². The van der Waals surface area contributed by atoms with E-state index < -0.39 is 0 Å². The maximum absolute atomic E-state index is 12.6. The molecule has 0 heterocycles. The van der Waals surface area contributed by atoms with E-state index in [-0.39, 0.29) is 11.7 Å². The van der Waals surface area contributed by atoms with Crippen molar-refractivity contribution in [1.82, 2.24) is 0 Å². The first kappa shape index (κ1) is 14.3. The number of guanidine groups is 1. The maximum Gasteiger partial charge on any atom is 0.338 e. The molecule has 0 saturated heterocycles. The molecule has 22 heavy (non-hydrogen) atoms. The fourth-order valence-corrected chi connectivity index (χ4v) is 2.96. The average molecular weight is 294 g/mol. The molecule has 0 radical (unpaired) electrons. The normalized spacial score (nSPS) is 13.1. The number of unbranched alkanes of at least 4 members (excludes halogenated alkanes) is 1. The molecule has 0 spiro atoms. The Labute approximate surface area is 129 Å². The summed E-state index contributed by atoms with van der Waals surface area (Å²) in [4.78, 5) is 15.5. The van der Waals surface area contributed by atoms with E-state index in [0.717, 1.165) is 53.3 Å². The van der Waals surface area contributed by atoms with Gasteiger partial charge >= 0.3 is 5.96 Å². The highest BCUT2D eigenvalue weighted by atomic mass is 16.1. The largest absolute Gasteiger partial charge is 0.338 e. The van der Waals surface area contributed by atoms with Gasteiger partial charge in [-0.1, -0.05) is 36.4 Å². The molecule has 112 valence electrons. The molecule has 2 aromatic rings. The van der Waals surface area contributed by atoms with Gasteiger partial charge < -0.3 is 0 Å². The number of hydrogen-bond acceptors (Lipinski definition) is 1. The molecule has 0 fully saturated rings. The van der Waals surface area contributed by atoms with Crippen molar-refractivity contribution in [2.45, 2.75) is 19.3 Å². The molecule has 0 amide bonds. The van der Waals surface area contributed by atoms with Crippen LogP contribution in [-0.2, 0) is 0 Å². The number of ketones is 1. The number of Topliss-reactive ketones (excluding diaryl/α,β-unsaturated/α-hetero) is 1. The first-order chi connectivity index (χ1) is 10.7. The quantitative estimate of drug-likeness (QED) is 0.436. The van der Waals surface area contributed by atoms with E-state index in [0.29, 0.717) is 0 Å². The molecule has 1 aliphatic rings.